The standard InChI is InChI=1S/C17H18N6O2S/c1-26-17-20-15-18-6-7-23(15)16(21-17)19-13-4-2-12(3-5-13)14(24)22-8-10-25-11-9-22/h2-7H,8-11H2,1H3,(H,18,19,20,21). The highest BCUT2D eigenvalue weighted by molar-refractivity contribution is 7.98. The molecule has 26 heavy (non-hydrogen) atoms. The van der Waals surface area contributed by atoms with Gasteiger partial charge in [0.05, 0.1) is 13.2 Å². The fourth-order valence-corrected chi connectivity index (χ4v) is 3.10. The molecule has 0 unspecified atom stereocenters. The quantitative estimate of drug-likeness (QED) is 0.704. The minimum absolute atomic E-state index is 0.0311. The van der Waals surface area contributed by atoms with Crippen LogP contribution in [0.1, 0.15) is 10.4 Å². The lowest BCUT2D eigenvalue weighted by Crippen LogP contribution is -2.40. The Labute approximate surface area is 154 Å². The number of amides is 1. The third-order valence-corrected chi connectivity index (χ3v) is 4.66. The fourth-order valence-electron chi connectivity index (χ4n) is 2.75. The summed E-state index contributed by atoms with van der Waals surface area (Å²) in [5, 5.41) is 3.91. The number of anilines is 2. The van der Waals surface area contributed by atoms with Gasteiger partial charge in [-0.25, -0.2) is 4.98 Å². The molecule has 1 fully saturated rings. The van der Waals surface area contributed by atoms with Gasteiger partial charge in [-0.3, -0.25) is 9.20 Å². The molecule has 1 aromatic carbocycles. The maximum atomic E-state index is 12.5. The summed E-state index contributed by atoms with van der Waals surface area (Å²) in [6.45, 7) is 2.46. The summed E-state index contributed by atoms with van der Waals surface area (Å²) in [4.78, 5) is 27.4. The Kier molecular flexibility index (Phi) is 4.72. The number of hydrogen-bond acceptors (Lipinski definition) is 7. The van der Waals surface area contributed by atoms with Crippen LogP contribution in [0.15, 0.2) is 41.8 Å². The van der Waals surface area contributed by atoms with Crippen molar-refractivity contribution in [1.29, 1.82) is 0 Å². The van der Waals surface area contributed by atoms with E-state index in [1.54, 1.807) is 16.8 Å². The number of thioether (sulfide) groups is 1. The first-order valence-corrected chi connectivity index (χ1v) is 9.46. The first-order valence-electron chi connectivity index (χ1n) is 8.24. The molecule has 0 aliphatic carbocycles. The molecule has 1 aliphatic heterocycles. The number of carbonyl (C=O) groups excluding carboxylic acids is 1. The van der Waals surface area contributed by atoms with Crippen molar-refractivity contribution in [3.63, 3.8) is 0 Å². The number of nitrogens with one attached hydrogen (secondary N) is 1. The minimum atomic E-state index is 0.0311. The summed E-state index contributed by atoms with van der Waals surface area (Å²) in [5.74, 6) is 1.25. The molecule has 3 aromatic rings. The van der Waals surface area contributed by atoms with Crippen molar-refractivity contribution in [2.45, 2.75) is 5.16 Å². The molecule has 2 aromatic heterocycles. The summed E-state index contributed by atoms with van der Waals surface area (Å²) >= 11 is 1.46. The van der Waals surface area contributed by atoms with E-state index in [-0.39, 0.29) is 5.91 Å². The number of carbonyl (C=O) groups is 1. The lowest BCUT2D eigenvalue weighted by molar-refractivity contribution is 0.0303. The molecule has 1 N–H and O–H groups in total. The van der Waals surface area contributed by atoms with Crippen LogP contribution in [0.3, 0.4) is 0 Å². The van der Waals surface area contributed by atoms with Gasteiger partial charge in [0.2, 0.25) is 11.7 Å². The van der Waals surface area contributed by atoms with Gasteiger partial charge in [-0.15, -0.1) is 0 Å². The van der Waals surface area contributed by atoms with Crippen molar-refractivity contribution in [3.8, 4) is 0 Å². The largest absolute Gasteiger partial charge is 0.378 e. The van der Waals surface area contributed by atoms with Crippen molar-refractivity contribution >= 4 is 35.1 Å². The summed E-state index contributed by atoms with van der Waals surface area (Å²) in [6, 6.07) is 7.39. The van der Waals surface area contributed by atoms with Crippen molar-refractivity contribution < 1.29 is 9.53 Å². The van der Waals surface area contributed by atoms with Gasteiger partial charge in [-0.05, 0) is 30.5 Å². The van der Waals surface area contributed by atoms with Crippen molar-refractivity contribution in [2.75, 3.05) is 37.9 Å². The van der Waals surface area contributed by atoms with Gasteiger partial charge in [-0.2, -0.15) is 9.97 Å². The van der Waals surface area contributed by atoms with Crippen LogP contribution in [-0.4, -0.2) is 62.7 Å². The Balaban J connectivity index is 1.54. The molecule has 0 radical (unpaired) electrons. The van der Waals surface area contributed by atoms with Crippen LogP contribution in [0.5, 0.6) is 0 Å². The van der Waals surface area contributed by atoms with Crippen LogP contribution in [0.2, 0.25) is 0 Å². The van der Waals surface area contributed by atoms with Gasteiger partial charge in [0.25, 0.3) is 5.91 Å². The third kappa shape index (κ3) is 3.35. The minimum Gasteiger partial charge on any atom is -0.378 e. The number of nitrogens with zero attached hydrogens (tertiary/aromatic N) is 5. The monoisotopic (exact) mass is 370 g/mol. The van der Waals surface area contributed by atoms with Crippen molar-refractivity contribution in [1.82, 2.24) is 24.3 Å². The average Bonchev–Trinajstić information content (AvgIpc) is 3.17. The van der Waals surface area contributed by atoms with E-state index in [0.717, 1.165) is 5.69 Å². The second-order valence-electron chi connectivity index (χ2n) is 5.74. The number of fused-ring (bicyclic) bond motifs is 1. The topological polar surface area (TPSA) is 84.7 Å². The number of ether oxygens (including phenoxy) is 1. The van der Waals surface area contributed by atoms with Crippen LogP contribution in [0, 0.1) is 0 Å². The molecule has 0 spiro atoms. The predicted octanol–water partition coefficient (Wildman–Crippen LogP) is 2.06. The van der Waals surface area contributed by atoms with E-state index >= 15 is 0 Å². The van der Waals surface area contributed by atoms with E-state index in [2.05, 4.69) is 20.3 Å². The smallest absolute Gasteiger partial charge is 0.254 e. The molecule has 0 saturated carbocycles. The molecule has 9 heteroatoms. The zero-order valence-corrected chi connectivity index (χ0v) is 15.1. The molecule has 8 nitrogen and oxygen atoms in total. The number of rotatable bonds is 4. The van der Waals surface area contributed by atoms with Gasteiger partial charge >= 0.3 is 0 Å². The van der Waals surface area contributed by atoms with Crippen LogP contribution in [0.25, 0.3) is 5.78 Å². The van der Waals surface area contributed by atoms with E-state index in [9.17, 15) is 4.79 Å². The molecule has 4 rings (SSSR count). The maximum Gasteiger partial charge on any atom is 0.254 e. The highest BCUT2D eigenvalue weighted by Crippen LogP contribution is 2.20. The van der Waals surface area contributed by atoms with E-state index in [1.807, 2.05) is 35.4 Å². The Bertz CT molecular complexity index is 921. The summed E-state index contributed by atoms with van der Waals surface area (Å²) < 4.78 is 7.08. The van der Waals surface area contributed by atoms with E-state index in [4.69, 9.17) is 4.74 Å². The van der Waals surface area contributed by atoms with Crippen LogP contribution in [0.4, 0.5) is 11.6 Å². The molecule has 134 valence electrons. The van der Waals surface area contributed by atoms with Crippen LogP contribution < -0.4 is 5.32 Å². The maximum absolute atomic E-state index is 12.5. The molecule has 1 amide bonds. The highest BCUT2D eigenvalue weighted by Gasteiger charge is 2.18. The van der Waals surface area contributed by atoms with E-state index < -0.39 is 0 Å². The van der Waals surface area contributed by atoms with Gasteiger partial charge in [0, 0.05) is 36.7 Å². The second-order valence-corrected chi connectivity index (χ2v) is 6.51. The molecule has 0 atom stereocenters. The third-order valence-electron chi connectivity index (χ3n) is 4.12. The predicted molar refractivity (Wildman–Crippen MR) is 99.0 cm³/mol. The SMILES string of the molecule is CSc1nc(Nc2ccc(C(=O)N3CCOCC3)cc2)n2ccnc2n1. The lowest BCUT2D eigenvalue weighted by Gasteiger charge is -2.26. The number of benzene rings is 1. The van der Waals surface area contributed by atoms with Gasteiger partial charge < -0.3 is 15.0 Å². The van der Waals surface area contributed by atoms with Gasteiger partial charge in [0.15, 0.2) is 5.16 Å². The Morgan fingerprint density at radius 1 is 1.19 bits per heavy atom. The normalized spacial score (nSPS) is 14.6. The number of hydrogen-bond donors (Lipinski definition) is 1. The first-order chi connectivity index (χ1) is 12.7. The average molecular weight is 370 g/mol. The molecule has 1 aliphatic rings. The molecular weight excluding hydrogens is 352 g/mol. The Morgan fingerprint density at radius 3 is 2.69 bits per heavy atom. The highest BCUT2D eigenvalue weighted by atomic mass is 32.2. The Morgan fingerprint density at radius 2 is 1.96 bits per heavy atom. The van der Waals surface area contributed by atoms with E-state index in [0.29, 0.717) is 48.7 Å². The second kappa shape index (κ2) is 7.30. The fraction of sp³-hybridized carbons (Fsp3) is 0.294. The zero-order valence-electron chi connectivity index (χ0n) is 14.3. The lowest BCUT2D eigenvalue weighted by atomic mass is 10.1. The number of imidazole rings is 1. The summed E-state index contributed by atoms with van der Waals surface area (Å²) in [7, 11) is 0. The number of morpholine rings is 1. The summed E-state index contributed by atoms with van der Waals surface area (Å²) in [5.41, 5.74) is 1.50. The Hall–Kier alpha value is -2.65. The first kappa shape index (κ1) is 16.8. The molecule has 0 bridgehead atoms. The van der Waals surface area contributed by atoms with Crippen LogP contribution in [-0.2, 0) is 4.74 Å². The zero-order chi connectivity index (χ0) is 17.9. The van der Waals surface area contributed by atoms with Crippen molar-refractivity contribution in [3.05, 3.63) is 42.2 Å². The van der Waals surface area contributed by atoms with E-state index in [1.165, 1.54) is 11.8 Å². The van der Waals surface area contributed by atoms with Gasteiger partial charge in [0.1, 0.15) is 0 Å². The number of aromatic nitrogens is 4. The van der Waals surface area contributed by atoms with Gasteiger partial charge in [-0.1, -0.05) is 11.8 Å². The summed E-state index contributed by atoms with van der Waals surface area (Å²) in [6.07, 6.45) is 5.41. The molecule has 1 saturated heterocycles. The molecule has 3 heterocycles. The van der Waals surface area contributed by atoms with Crippen molar-refractivity contribution in [2.24, 2.45) is 0 Å². The molecular formula is C17H18N6O2S. The van der Waals surface area contributed by atoms with Crippen LogP contribution >= 0.6 is 11.8 Å².